The molecule has 0 aromatic heterocycles. The molecule has 0 saturated heterocycles. The lowest BCUT2D eigenvalue weighted by Gasteiger charge is -2.09. The Morgan fingerprint density at radius 1 is 1.37 bits per heavy atom. The first kappa shape index (κ1) is 15.5. The van der Waals surface area contributed by atoms with Gasteiger partial charge in [-0.3, -0.25) is 4.79 Å². The SMILES string of the molecule is CCNCc1cccc(OCC(=O)NCCOC)c1. The molecular formula is C14H22N2O3. The second kappa shape index (κ2) is 9.35. The lowest BCUT2D eigenvalue weighted by atomic mass is 10.2. The number of hydrogen-bond acceptors (Lipinski definition) is 4. The zero-order valence-electron chi connectivity index (χ0n) is 11.6. The highest BCUT2D eigenvalue weighted by Gasteiger charge is 2.02. The summed E-state index contributed by atoms with van der Waals surface area (Å²) in [5, 5.41) is 5.94. The summed E-state index contributed by atoms with van der Waals surface area (Å²) in [4.78, 5) is 11.4. The maximum Gasteiger partial charge on any atom is 0.258 e. The first-order valence-electron chi connectivity index (χ1n) is 6.44. The van der Waals surface area contributed by atoms with E-state index in [1.165, 1.54) is 0 Å². The molecule has 0 spiro atoms. The summed E-state index contributed by atoms with van der Waals surface area (Å²) in [6.45, 7) is 4.81. The van der Waals surface area contributed by atoms with Gasteiger partial charge in [0.25, 0.3) is 5.91 Å². The Kier molecular flexibility index (Phi) is 7.62. The Bertz CT molecular complexity index is 383. The minimum Gasteiger partial charge on any atom is -0.484 e. The molecule has 19 heavy (non-hydrogen) atoms. The van der Waals surface area contributed by atoms with Crippen LogP contribution in [0.15, 0.2) is 24.3 Å². The van der Waals surface area contributed by atoms with Gasteiger partial charge in [0, 0.05) is 20.2 Å². The van der Waals surface area contributed by atoms with Gasteiger partial charge in [-0.15, -0.1) is 0 Å². The smallest absolute Gasteiger partial charge is 0.258 e. The lowest BCUT2D eigenvalue weighted by molar-refractivity contribution is -0.123. The number of ether oxygens (including phenoxy) is 2. The van der Waals surface area contributed by atoms with Crippen LogP contribution in [0.1, 0.15) is 12.5 Å². The molecule has 0 aliphatic heterocycles. The van der Waals surface area contributed by atoms with E-state index in [9.17, 15) is 4.79 Å². The van der Waals surface area contributed by atoms with Gasteiger partial charge in [0.05, 0.1) is 6.61 Å². The molecule has 0 radical (unpaired) electrons. The van der Waals surface area contributed by atoms with Crippen molar-refractivity contribution in [1.29, 1.82) is 0 Å². The third kappa shape index (κ3) is 6.79. The Morgan fingerprint density at radius 2 is 2.21 bits per heavy atom. The summed E-state index contributed by atoms with van der Waals surface area (Å²) in [5.74, 6) is 0.562. The van der Waals surface area contributed by atoms with E-state index in [1.54, 1.807) is 7.11 Å². The summed E-state index contributed by atoms with van der Waals surface area (Å²) in [7, 11) is 1.60. The molecule has 0 bridgehead atoms. The highest BCUT2D eigenvalue weighted by molar-refractivity contribution is 5.77. The summed E-state index contributed by atoms with van der Waals surface area (Å²) >= 11 is 0. The number of nitrogens with one attached hydrogen (secondary N) is 2. The van der Waals surface area contributed by atoms with Gasteiger partial charge in [0.15, 0.2) is 6.61 Å². The molecule has 5 nitrogen and oxygen atoms in total. The summed E-state index contributed by atoms with van der Waals surface area (Å²) in [6, 6.07) is 7.72. The molecule has 0 atom stereocenters. The number of carbonyl (C=O) groups excluding carboxylic acids is 1. The van der Waals surface area contributed by atoms with E-state index in [1.807, 2.05) is 24.3 Å². The van der Waals surface area contributed by atoms with Crippen LogP contribution in [0.5, 0.6) is 5.75 Å². The van der Waals surface area contributed by atoms with E-state index < -0.39 is 0 Å². The molecule has 5 heteroatoms. The third-order valence-corrected chi connectivity index (χ3v) is 2.48. The van der Waals surface area contributed by atoms with Crippen LogP contribution in [0.4, 0.5) is 0 Å². The summed E-state index contributed by atoms with van der Waals surface area (Å²) < 4.78 is 10.3. The highest BCUT2D eigenvalue weighted by atomic mass is 16.5. The molecule has 1 rings (SSSR count). The first-order chi connectivity index (χ1) is 9.26. The van der Waals surface area contributed by atoms with Crippen molar-refractivity contribution in [2.75, 3.05) is 33.4 Å². The van der Waals surface area contributed by atoms with Gasteiger partial charge in [-0.2, -0.15) is 0 Å². The minimum atomic E-state index is -0.144. The van der Waals surface area contributed by atoms with Crippen LogP contribution in [0.25, 0.3) is 0 Å². The standard InChI is InChI=1S/C14H22N2O3/c1-3-15-10-12-5-4-6-13(9-12)19-11-14(17)16-7-8-18-2/h4-6,9,15H,3,7-8,10-11H2,1-2H3,(H,16,17). The quantitative estimate of drug-likeness (QED) is 0.653. The molecule has 1 aromatic rings. The van der Waals surface area contributed by atoms with E-state index >= 15 is 0 Å². The fourth-order valence-corrected chi connectivity index (χ4v) is 1.51. The average molecular weight is 266 g/mol. The molecule has 0 unspecified atom stereocenters. The van der Waals surface area contributed by atoms with Gasteiger partial charge < -0.3 is 20.1 Å². The molecule has 2 N–H and O–H groups in total. The van der Waals surface area contributed by atoms with E-state index in [0.29, 0.717) is 18.9 Å². The fraction of sp³-hybridized carbons (Fsp3) is 0.500. The molecule has 0 fully saturated rings. The molecule has 106 valence electrons. The number of amides is 1. The van der Waals surface area contributed by atoms with Crippen molar-refractivity contribution in [3.63, 3.8) is 0 Å². The van der Waals surface area contributed by atoms with Crippen molar-refractivity contribution in [2.24, 2.45) is 0 Å². The van der Waals surface area contributed by atoms with Crippen molar-refractivity contribution in [3.8, 4) is 5.75 Å². The molecule has 0 heterocycles. The van der Waals surface area contributed by atoms with Crippen LogP contribution in [-0.2, 0) is 16.1 Å². The van der Waals surface area contributed by atoms with Crippen LogP contribution in [0.2, 0.25) is 0 Å². The predicted molar refractivity (Wildman–Crippen MR) is 74.2 cm³/mol. The number of benzene rings is 1. The third-order valence-electron chi connectivity index (χ3n) is 2.48. The molecular weight excluding hydrogens is 244 g/mol. The second-order valence-corrected chi connectivity index (χ2v) is 4.06. The first-order valence-corrected chi connectivity index (χ1v) is 6.44. The zero-order chi connectivity index (χ0) is 13.9. The van der Waals surface area contributed by atoms with Crippen LogP contribution < -0.4 is 15.4 Å². The second-order valence-electron chi connectivity index (χ2n) is 4.06. The summed E-state index contributed by atoms with van der Waals surface area (Å²) in [5.41, 5.74) is 1.14. The Labute approximate surface area is 114 Å². The van der Waals surface area contributed by atoms with E-state index in [0.717, 1.165) is 18.7 Å². The number of hydrogen-bond donors (Lipinski definition) is 2. The Morgan fingerprint density at radius 3 is 2.95 bits per heavy atom. The maximum atomic E-state index is 11.4. The molecule has 0 saturated carbocycles. The van der Waals surface area contributed by atoms with Crippen molar-refractivity contribution in [2.45, 2.75) is 13.5 Å². The molecule has 0 aliphatic carbocycles. The van der Waals surface area contributed by atoms with Gasteiger partial charge in [-0.05, 0) is 24.2 Å². The zero-order valence-corrected chi connectivity index (χ0v) is 11.6. The fourth-order valence-electron chi connectivity index (χ4n) is 1.51. The topological polar surface area (TPSA) is 59.6 Å². The highest BCUT2D eigenvalue weighted by Crippen LogP contribution is 2.12. The Hall–Kier alpha value is -1.59. The van der Waals surface area contributed by atoms with Crippen molar-refractivity contribution in [3.05, 3.63) is 29.8 Å². The number of rotatable bonds is 9. The predicted octanol–water partition coefficient (Wildman–Crippen LogP) is 0.937. The van der Waals surface area contributed by atoms with Crippen LogP contribution >= 0.6 is 0 Å². The monoisotopic (exact) mass is 266 g/mol. The van der Waals surface area contributed by atoms with Gasteiger partial charge in [0.1, 0.15) is 5.75 Å². The summed E-state index contributed by atoms with van der Waals surface area (Å²) in [6.07, 6.45) is 0. The number of methoxy groups -OCH3 is 1. The van der Waals surface area contributed by atoms with Crippen LogP contribution in [0.3, 0.4) is 0 Å². The van der Waals surface area contributed by atoms with Gasteiger partial charge in [-0.1, -0.05) is 19.1 Å². The molecule has 1 aromatic carbocycles. The largest absolute Gasteiger partial charge is 0.484 e. The van der Waals surface area contributed by atoms with Crippen LogP contribution in [0, 0.1) is 0 Å². The molecule has 0 aliphatic rings. The van der Waals surface area contributed by atoms with Crippen molar-refractivity contribution < 1.29 is 14.3 Å². The minimum absolute atomic E-state index is 0.0222. The van der Waals surface area contributed by atoms with E-state index in [4.69, 9.17) is 9.47 Å². The van der Waals surface area contributed by atoms with E-state index in [-0.39, 0.29) is 12.5 Å². The Balaban J connectivity index is 2.33. The molecule has 1 amide bonds. The van der Waals surface area contributed by atoms with E-state index in [2.05, 4.69) is 17.6 Å². The average Bonchev–Trinajstić information content (AvgIpc) is 2.44. The lowest BCUT2D eigenvalue weighted by Crippen LogP contribution is -2.31. The van der Waals surface area contributed by atoms with Crippen molar-refractivity contribution >= 4 is 5.91 Å². The normalized spacial score (nSPS) is 10.2. The van der Waals surface area contributed by atoms with Crippen molar-refractivity contribution in [1.82, 2.24) is 10.6 Å². The maximum absolute atomic E-state index is 11.4. The van der Waals surface area contributed by atoms with Gasteiger partial charge in [-0.25, -0.2) is 0 Å². The number of carbonyl (C=O) groups is 1. The van der Waals surface area contributed by atoms with Crippen LogP contribution in [-0.4, -0.2) is 39.3 Å². The van der Waals surface area contributed by atoms with Gasteiger partial charge in [0.2, 0.25) is 0 Å². The van der Waals surface area contributed by atoms with Gasteiger partial charge >= 0.3 is 0 Å².